The van der Waals surface area contributed by atoms with Gasteiger partial charge in [-0.3, -0.25) is 9.59 Å². The molecule has 0 saturated carbocycles. The van der Waals surface area contributed by atoms with E-state index < -0.39 is 17.8 Å². The molecule has 0 atom stereocenters. The molecule has 0 fully saturated rings. The molecule has 0 unspecified atom stereocenters. The normalized spacial score (nSPS) is 11.0. The highest BCUT2D eigenvalue weighted by atomic mass is 32.1. The smallest absolute Gasteiger partial charge is 0.341 e. The molecule has 2 amide bonds. The summed E-state index contributed by atoms with van der Waals surface area (Å²) in [4.78, 5) is 38.2. The molecule has 0 radical (unpaired) electrons. The predicted octanol–water partition coefficient (Wildman–Crippen LogP) is 3.11. The van der Waals surface area contributed by atoms with Crippen LogP contribution in [0.4, 0.5) is 5.00 Å². The molecule has 140 valence electrons. The van der Waals surface area contributed by atoms with Crippen LogP contribution < -0.4 is 11.1 Å². The minimum absolute atomic E-state index is 0.0475. The molecule has 27 heavy (non-hydrogen) atoms. The molecule has 9 heteroatoms. The van der Waals surface area contributed by atoms with Crippen LogP contribution in [0.15, 0.2) is 17.7 Å². The molecule has 2 aromatic heterocycles. The number of nitriles is 1. The Morgan fingerprint density at radius 2 is 2.04 bits per heavy atom. The van der Waals surface area contributed by atoms with E-state index in [1.165, 1.54) is 31.4 Å². The molecule has 0 bridgehead atoms. The van der Waals surface area contributed by atoms with E-state index in [0.29, 0.717) is 5.56 Å². The summed E-state index contributed by atoms with van der Waals surface area (Å²) in [6, 6.07) is 5.62. The van der Waals surface area contributed by atoms with E-state index in [2.05, 4.69) is 5.32 Å². The van der Waals surface area contributed by atoms with Gasteiger partial charge in [-0.15, -0.1) is 22.7 Å². The molecular formula is C18H17N3O4S2. The molecule has 0 aliphatic carbocycles. The average Bonchev–Trinajstić information content (AvgIpc) is 3.23. The van der Waals surface area contributed by atoms with E-state index >= 15 is 0 Å². The Labute approximate surface area is 164 Å². The molecule has 2 rings (SSSR count). The highest BCUT2D eigenvalue weighted by Crippen LogP contribution is 2.33. The number of nitrogens with one attached hydrogen (secondary N) is 1. The molecule has 3 N–H and O–H groups in total. The van der Waals surface area contributed by atoms with Crippen molar-refractivity contribution in [2.24, 2.45) is 5.73 Å². The Kier molecular flexibility index (Phi) is 6.50. The molecule has 2 heterocycles. The third-order valence-electron chi connectivity index (χ3n) is 3.67. The molecule has 7 nitrogen and oxygen atoms in total. The van der Waals surface area contributed by atoms with Gasteiger partial charge in [0.15, 0.2) is 0 Å². The Hall–Kier alpha value is -2.96. The van der Waals surface area contributed by atoms with Gasteiger partial charge in [0.05, 0.1) is 17.6 Å². The second kappa shape index (κ2) is 8.62. The number of hydrogen-bond donors (Lipinski definition) is 2. The van der Waals surface area contributed by atoms with E-state index in [0.717, 1.165) is 27.5 Å². The summed E-state index contributed by atoms with van der Waals surface area (Å²) >= 11 is 2.35. The van der Waals surface area contributed by atoms with Crippen LogP contribution in [0.3, 0.4) is 0 Å². The van der Waals surface area contributed by atoms with Gasteiger partial charge >= 0.3 is 5.97 Å². The number of thiophene rings is 2. The first-order valence-corrected chi connectivity index (χ1v) is 9.49. The molecule has 2 aromatic rings. The minimum Gasteiger partial charge on any atom is -0.465 e. The molecule has 0 spiro atoms. The minimum atomic E-state index is -0.718. The Balaban J connectivity index is 2.38. The number of ether oxygens (including phenoxy) is 1. The van der Waals surface area contributed by atoms with Crippen molar-refractivity contribution < 1.29 is 19.1 Å². The van der Waals surface area contributed by atoms with Crippen molar-refractivity contribution in [1.29, 1.82) is 5.26 Å². The standard InChI is InChI=1S/C18H17N3O4S2/c1-4-11-5-6-12(26-11)7-10(8-19)16(23)21-17-13(18(24)25-3)9(2)14(27-17)15(20)22/h5-7H,4H2,1-3H3,(H2,20,22)(H,21,23). The van der Waals surface area contributed by atoms with Gasteiger partial charge in [-0.1, -0.05) is 6.92 Å². The van der Waals surface area contributed by atoms with Crippen molar-refractivity contribution >= 4 is 51.5 Å². The number of carbonyl (C=O) groups is 3. The van der Waals surface area contributed by atoms with Crippen LogP contribution in [0, 0.1) is 18.3 Å². The largest absolute Gasteiger partial charge is 0.465 e. The summed E-state index contributed by atoms with van der Waals surface area (Å²) in [5.74, 6) is -2.11. The molecule has 0 aliphatic rings. The van der Waals surface area contributed by atoms with E-state index in [1.54, 1.807) is 0 Å². The topological polar surface area (TPSA) is 122 Å². The Bertz CT molecular complexity index is 979. The number of hydrogen-bond acceptors (Lipinski definition) is 7. The van der Waals surface area contributed by atoms with E-state index in [1.807, 2.05) is 25.1 Å². The second-order valence-corrected chi connectivity index (χ2v) is 7.62. The van der Waals surface area contributed by atoms with Gasteiger partial charge in [0, 0.05) is 9.75 Å². The number of aryl methyl sites for hydroxylation is 1. The maximum Gasteiger partial charge on any atom is 0.341 e. The first kappa shape index (κ1) is 20.4. The zero-order valence-electron chi connectivity index (χ0n) is 14.9. The molecule has 0 aromatic carbocycles. The fourth-order valence-electron chi connectivity index (χ4n) is 2.31. The summed E-state index contributed by atoms with van der Waals surface area (Å²) in [5, 5.41) is 12.0. The highest BCUT2D eigenvalue weighted by Gasteiger charge is 2.26. The third-order valence-corrected chi connectivity index (χ3v) is 6.07. The van der Waals surface area contributed by atoms with Gasteiger partial charge in [0.25, 0.3) is 11.8 Å². The van der Waals surface area contributed by atoms with E-state index in [9.17, 15) is 19.6 Å². The van der Waals surface area contributed by atoms with Crippen molar-refractivity contribution in [2.45, 2.75) is 20.3 Å². The van der Waals surface area contributed by atoms with Crippen molar-refractivity contribution in [1.82, 2.24) is 0 Å². The second-order valence-electron chi connectivity index (χ2n) is 5.40. The van der Waals surface area contributed by atoms with Crippen LogP contribution in [0.25, 0.3) is 6.08 Å². The van der Waals surface area contributed by atoms with Crippen LogP contribution in [-0.4, -0.2) is 24.9 Å². The predicted molar refractivity (Wildman–Crippen MR) is 105 cm³/mol. The first-order chi connectivity index (χ1) is 12.8. The summed E-state index contributed by atoms with van der Waals surface area (Å²) in [7, 11) is 1.19. The maximum atomic E-state index is 12.5. The van der Waals surface area contributed by atoms with Crippen LogP contribution in [-0.2, 0) is 16.0 Å². The van der Waals surface area contributed by atoms with Crippen molar-refractivity contribution in [3.05, 3.63) is 43.5 Å². The summed E-state index contributed by atoms with van der Waals surface area (Å²) < 4.78 is 4.72. The number of methoxy groups -OCH3 is 1. The average molecular weight is 403 g/mol. The lowest BCUT2D eigenvalue weighted by molar-refractivity contribution is -0.112. The number of anilines is 1. The van der Waals surface area contributed by atoms with Gasteiger partial charge in [-0.25, -0.2) is 4.79 Å². The molecule has 0 aliphatic heterocycles. The lowest BCUT2D eigenvalue weighted by Crippen LogP contribution is -2.15. The van der Waals surface area contributed by atoms with Crippen LogP contribution in [0.5, 0.6) is 0 Å². The van der Waals surface area contributed by atoms with Crippen LogP contribution >= 0.6 is 22.7 Å². The van der Waals surface area contributed by atoms with E-state index in [4.69, 9.17) is 10.5 Å². The fourth-order valence-corrected chi connectivity index (χ4v) is 4.25. The van der Waals surface area contributed by atoms with Crippen molar-refractivity contribution in [2.75, 3.05) is 12.4 Å². The number of amides is 2. The zero-order chi connectivity index (χ0) is 20.1. The van der Waals surface area contributed by atoms with Crippen molar-refractivity contribution in [3.63, 3.8) is 0 Å². The monoisotopic (exact) mass is 403 g/mol. The Morgan fingerprint density at radius 1 is 1.33 bits per heavy atom. The van der Waals surface area contributed by atoms with Crippen molar-refractivity contribution in [3.8, 4) is 6.07 Å². The summed E-state index contributed by atoms with van der Waals surface area (Å²) in [6.45, 7) is 3.55. The van der Waals surface area contributed by atoms with Gasteiger partial charge in [0.1, 0.15) is 16.6 Å². The zero-order valence-corrected chi connectivity index (χ0v) is 16.5. The lowest BCUT2D eigenvalue weighted by atomic mass is 10.1. The molecule has 0 saturated heterocycles. The number of rotatable bonds is 6. The van der Waals surface area contributed by atoms with Gasteiger partial charge in [0.2, 0.25) is 0 Å². The maximum absolute atomic E-state index is 12.5. The number of nitrogens with zero attached hydrogens (tertiary/aromatic N) is 1. The van der Waals surface area contributed by atoms with E-state index in [-0.39, 0.29) is 21.0 Å². The highest BCUT2D eigenvalue weighted by molar-refractivity contribution is 7.18. The quantitative estimate of drug-likeness (QED) is 0.436. The third kappa shape index (κ3) is 4.42. The summed E-state index contributed by atoms with van der Waals surface area (Å²) in [6.07, 6.45) is 2.34. The number of primary amides is 1. The SMILES string of the molecule is CCc1ccc(C=C(C#N)C(=O)Nc2sc(C(N)=O)c(C)c2C(=O)OC)s1. The first-order valence-electron chi connectivity index (χ1n) is 7.85. The number of carbonyl (C=O) groups excluding carboxylic acids is 3. The fraction of sp³-hybridized carbons (Fsp3) is 0.222. The lowest BCUT2D eigenvalue weighted by Gasteiger charge is -2.05. The van der Waals surface area contributed by atoms with Gasteiger partial charge in [-0.2, -0.15) is 5.26 Å². The van der Waals surface area contributed by atoms with Gasteiger partial charge < -0.3 is 15.8 Å². The van der Waals surface area contributed by atoms with Gasteiger partial charge in [-0.05, 0) is 37.1 Å². The number of nitrogens with two attached hydrogens (primary N) is 1. The van der Waals surface area contributed by atoms with Crippen LogP contribution in [0.2, 0.25) is 0 Å². The number of esters is 1. The summed E-state index contributed by atoms with van der Waals surface area (Å²) in [5.41, 5.74) is 5.56. The Morgan fingerprint density at radius 3 is 2.56 bits per heavy atom. The van der Waals surface area contributed by atoms with Crippen LogP contribution in [0.1, 0.15) is 42.3 Å². The molecular weight excluding hydrogens is 386 g/mol.